The molecule has 10 heteroatoms. The van der Waals surface area contributed by atoms with Gasteiger partial charge in [-0.05, 0) is 54.1 Å². The van der Waals surface area contributed by atoms with Crippen LogP contribution in [0.2, 0.25) is 0 Å². The maximum Gasteiger partial charge on any atom is 0.426 e. The zero-order valence-electron chi connectivity index (χ0n) is 16.4. The molecule has 1 aliphatic heterocycles. The van der Waals surface area contributed by atoms with E-state index in [2.05, 4.69) is 5.32 Å². The molecule has 32 heavy (non-hydrogen) atoms. The second-order valence-electron chi connectivity index (χ2n) is 7.06. The third kappa shape index (κ3) is 4.14. The lowest BCUT2D eigenvalue weighted by molar-refractivity contribution is -0.247. The minimum absolute atomic E-state index is 0.119. The minimum Gasteiger partial charge on any atom is -0.372 e. The highest BCUT2D eigenvalue weighted by Crippen LogP contribution is 2.48. The predicted octanol–water partition coefficient (Wildman–Crippen LogP) is 5.47. The number of benzene rings is 2. The van der Waals surface area contributed by atoms with Crippen LogP contribution in [0.1, 0.15) is 27.2 Å². The topological polar surface area (TPSA) is 74.6 Å². The molecule has 0 bridgehead atoms. The molecular formula is C22H18F4N2O3S. The molecule has 1 aromatic heterocycles. The molecule has 0 aliphatic carbocycles. The third-order valence-electron chi connectivity index (χ3n) is 5.00. The molecule has 1 atom stereocenters. The smallest absolute Gasteiger partial charge is 0.372 e. The zero-order valence-corrected chi connectivity index (χ0v) is 17.3. The first-order valence-corrected chi connectivity index (χ1v) is 10.3. The molecule has 0 saturated carbocycles. The van der Waals surface area contributed by atoms with E-state index in [1.54, 1.807) is 0 Å². The van der Waals surface area contributed by atoms with Gasteiger partial charge in [-0.3, -0.25) is 0 Å². The van der Waals surface area contributed by atoms with Crippen molar-refractivity contribution in [3.8, 4) is 0 Å². The van der Waals surface area contributed by atoms with Crippen molar-refractivity contribution in [2.45, 2.75) is 18.1 Å². The Labute approximate surface area is 184 Å². The van der Waals surface area contributed by atoms with Crippen LogP contribution in [0.3, 0.4) is 0 Å². The fraction of sp³-hybridized carbons (Fsp3) is 0.227. The standard InChI is InChI=1S/C22H18F4N2O3S/c23-15-2-4-16(5-3-15)28-17-6-1-14(11-13(17)12-27)21(29,22(24,25)26)19-8-7-18(32-19)20-30-9-10-31-20/h1-8,11-12,20,27-29H,9-10H2. The Morgan fingerprint density at radius 1 is 1.03 bits per heavy atom. The van der Waals surface area contributed by atoms with Crippen molar-refractivity contribution >= 4 is 28.9 Å². The number of halogens is 4. The van der Waals surface area contributed by atoms with Gasteiger partial charge in [0.2, 0.25) is 5.60 Å². The first-order chi connectivity index (χ1) is 15.2. The summed E-state index contributed by atoms with van der Waals surface area (Å²) in [4.78, 5) is 0.0799. The van der Waals surface area contributed by atoms with E-state index in [4.69, 9.17) is 14.9 Å². The van der Waals surface area contributed by atoms with Gasteiger partial charge >= 0.3 is 6.18 Å². The molecule has 4 rings (SSSR count). The fourth-order valence-electron chi connectivity index (χ4n) is 3.35. The SMILES string of the molecule is N=Cc1cc(C(O)(c2ccc(C3OCCO3)s2)C(F)(F)F)ccc1Nc1ccc(F)cc1. The van der Waals surface area contributed by atoms with Crippen LogP contribution in [0.15, 0.2) is 54.6 Å². The van der Waals surface area contributed by atoms with Gasteiger partial charge in [-0.1, -0.05) is 6.07 Å². The van der Waals surface area contributed by atoms with Gasteiger partial charge in [-0.2, -0.15) is 13.2 Å². The lowest BCUT2D eigenvalue weighted by atomic mass is 9.89. The number of nitrogens with one attached hydrogen (secondary N) is 2. The molecule has 5 nitrogen and oxygen atoms in total. The normalized spacial score (nSPS) is 16.7. The maximum atomic E-state index is 14.2. The number of anilines is 2. The quantitative estimate of drug-likeness (QED) is 0.333. The second-order valence-corrected chi connectivity index (χ2v) is 8.18. The van der Waals surface area contributed by atoms with Crippen LogP contribution in [0.25, 0.3) is 0 Å². The van der Waals surface area contributed by atoms with Crippen LogP contribution in [0.4, 0.5) is 28.9 Å². The minimum atomic E-state index is -5.03. The average molecular weight is 466 g/mol. The molecule has 1 unspecified atom stereocenters. The number of alkyl halides is 3. The molecule has 2 heterocycles. The van der Waals surface area contributed by atoms with Gasteiger partial charge in [-0.25, -0.2) is 4.39 Å². The highest BCUT2D eigenvalue weighted by molar-refractivity contribution is 7.12. The number of rotatable bonds is 6. The summed E-state index contributed by atoms with van der Waals surface area (Å²) in [7, 11) is 0. The van der Waals surface area contributed by atoms with Gasteiger partial charge < -0.3 is 25.3 Å². The lowest BCUT2D eigenvalue weighted by Gasteiger charge is -2.30. The molecule has 1 aliphatic rings. The Hall–Kier alpha value is -2.79. The Morgan fingerprint density at radius 2 is 1.72 bits per heavy atom. The molecule has 2 aromatic carbocycles. The summed E-state index contributed by atoms with van der Waals surface area (Å²) in [6, 6.07) is 11.6. The van der Waals surface area contributed by atoms with E-state index in [9.17, 15) is 22.7 Å². The molecule has 168 valence electrons. The Bertz CT molecular complexity index is 1110. The van der Waals surface area contributed by atoms with E-state index in [1.807, 2.05) is 0 Å². The average Bonchev–Trinajstić information content (AvgIpc) is 3.46. The highest BCUT2D eigenvalue weighted by Gasteiger charge is 2.57. The van der Waals surface area contributed by atoms with Crippen LogP contribution >= 0.6 is 11.3 Å². The summed E-state index contributed by atoms with van der Waals surface area (Å²) in [6.45, 7) is 0.680. The van der Waals surface area contributed by atoms with Crippen LogP contribution in [-0.4, -0.2) is 30.7 Å². The number of aliphatic hydroxyl groups is 1. The van der Waals surface area contributed by atoms with Crippen LogP contribution in [-0.2, 0) is 15.1 Å². The summed E-state index contributed by atoms with van der Waals surface area (Å²) in [5.74, 6) is -0.433. The first-order valence-electron chi connectivity index (χ1n) is 9.52. The summed E-state index contributed by atoms with van der Waals surface area (Å²) in [5.41, 5.74) is -2.78. The van der Waals surface area contributed by atoms with Crippen LogP contribution in [0.5, 0.6) is 0 Å². The summed E-state index contributed by atoms with van der Waals surface area (Å²) in [6.07, 6.45) is -4.91. The van der Waals surface area contributed by atoms with E-state index in [1.165, 1.54) is 42.5 Å². The summed E-state index contributed by atoms with van der Waals surface area (Å²) >= 11 is 0.752. The van der Waals surface area contributed by atoms with E-state index in [-0.39, 0.29) is 10.4 Å². The van der Waals surface area contributed by atoms with Crippen molar-refractivity contribution in [1.29, 1.82) is 5.41 Å². The zero-order chi connectivity index (χ0) is 22.9. The van der Waals surface area contributed by atoms with Gasteiger partial charge in [0.1, 0.15) is 5.82 Å². The summed E-state index contributed by atoms with van der Waals surface area (Å²) in [5, 5.41) is 21.5. The number of hydrogen-bond donors (Lipinski definition) is 3. The first kappa shape index (κ1) is 22.4. The Kier molecular flexibility index (Phi) is 6.04. The lowest BCUT2D eigenvalue weighted by Crippen LogP contribution is -2.42. The van der Waals surface area contributed by atoms with Gasteiger partial charge in [0.05, 0.1) is 23.0 Å². The molecule has 0 amide bonds. The van der Waals surface area contributed by atoms with Crippen molar-refractivity contribution in [2.75, 3.05) is 18.5 Å². The van der Waals surface area contributed by atoms with Gasteiger partial charge in [0, 0.05) is 23.2 Å². The third-order valence-corrected chi connectivity index (χ3v) is 6.21. The molecule has 1 saturated heterocycles. The van der Waals surface area contributed by atoms with Crippen molar-refractivity contribution in [2.24, 2.45) is 0 Å². The van der Waals surface area contributed by atoms with Crippen molar-refractivity contribution in [3.63, 3.8) is 0 Å². The van der Waals surface area contributed by atoms with Crippen molar-refractivity contribution in [1.82, 2.24) is 0 Å². The number of hydrogen-bond acceptors (Lipinski definition) is 6. The van der Waals surface area contributed by atoms with Crippen molar-refractivity contribution < 1.29 is 32.1 Å². The molecule has 1 fully saturated rings. The molecule has 0 radical (unpaired) electrons. The largest absolute Gasteiger partial charge is 0.426 e. The highest BCUT2D eigenvalue weighted by atomic mass is 32.1. The molecule has 0 spiro atoms. The van der Waals surface area contributed by atoms with Crippen LogP contribution in [0, 0.1) is 11.2 Å². The van der Waals surface area contributed by atoms with E-state index in [0.29, 0.717) is 29.5 Å². The van der Waals surface area contributed by atoms with Gasteiger partial charge in [0.15, 0.2) is 6.29 Å². The van der Waals surface area contributed by atoms with Crippen molar-refractivity contribution in [3.05, 3.63) is 81.3 Å². The van der Waals surface area contributed by atoms with E-state index in [0.717, 1.165) is 29.7 Å². The van der Waals surface area contributed by atoms with E-state index < -0.39 is 29.4 Å². The Morgan fingerprint density at radius 3 is 2.34 bits per heavy atom. The molecular weight excluding hydrogens is 448 g/mol. The number of ether oxygens (including phenoxy) is 2. The van der Waals surface area contributed by atoms with Gasteiger partial charge in [-0.15, -0.1) is 11.3 Å². The second kappa shape index (κ2) is 8.62. The monoisotopic (exact) mass is 466 g/mol. The fourth-order valence-corrected chi connectivity index (χ4v) is 4.49. The van der Waals surface area contributed by atoms with Crippen LogP contribution < -0.4 is 5.32 Å². The molecule has 3 N–H and O–H groups in total. The molecule has 3 aromatic rings. The van der Waals surface area contributed by atoms with E-state index >= 15 is 0 Å². The van der Waals surface area contributed by atoms with Gasteiger partial charge in [0.25, 0.3) is 0 Å². The Balaban J connectivity index is 1.72. The maximum absolute atomic E-state index is 14.2. The predicted molar refractivity (Wildman–Crippen MR) is 112 cm³/mol. The summed E-state index contributed by atoms with van der Waals surface area (Å²) < 4.78 is 66.3. The number of thiophene rings is 1.